The van der Waals surface area contributed by atoms with Gasteiger partial charge in [0.1, 0.15) is 0 Å². The summed E-state index contributed by atoms with van der Waals surface area (Å²) >= 11 is 1.62. The van der Waals surface area contributed by atoms with Gasteiger partial charge >= 0.3 is 0 Å². The van der Waals surface area contributed by atoms with Crippen molar-refractivity contribution in [3.63, 3.8) is 0 Å². The molecule has 1 fully saturated rings. The Hall–Kier alpha value is -1.44. The molecule has 0 aliphatic carbocycles. The SMILES string of the molecule is I.NC(=NCCS(=O)(=O)NCc1ccccc1)N1CCN(c2nccs2)CC1. The average molecular weight is 536 g/mol. The van der Waals surface area contributed by atoms with Crippen molar-refractivity contribution in [3.8, 4) is 0 Å². The summed E-state index contributed by atoms with van der Waals surface area (Å²) in [4.78, 5) is 12.8. The summed E-state index contributed by atoms with van der Waals surface area (Å²) in [6.07, 6.45) is 1.80. The largest absolute Gasteiger partial charge is 0.370 e. The molecule has 0 amide bonds. The molecule has 2 heterocycles. The molecule has 0 bridgehead atoms. The summed E-state index contributed by atoms with van der Waals surface area (Å²) in [5.74, 6) is 0.312. The molecule has 1 saturated heterocycles. The molecular weight excluding hydrogens is 511 g/mol. The van der Waals surface area contributed by atoms with E-state index in [4.69, 9.17) is 5.73 Å². The van der Waals surface area contributed by atoms with Crippen LogP contribution in [0.4, 0.5) is 5.13 Å². The fourth-order valence-corrected chi connectivity index (χ4v) is 4.30. The quantitative estimate of drug-likeness (QED) is 0.315. The first kappa shape index (κ1) is 22.8. The van der Waals surface area contributed by atoms with Crippen LogP contribution in [-0.4, -0.2) is 62.7 Å². The second kappa shape index (κ2) is 10.9. The second-order valence-corrected chi connectivity index (χ2v) is 8.95. The Kier molecular flexibility index (Phi) is 8.92. The zero-order valence-electron chi connectivity index (χ0n) is 15.4. The average Bonchev–Trinajstić information content (AvgIpc) is 3.22. The number of thiazole rings is 1. The van der Waals surface area contributed by atoms with Gasteiger partial charge in [0, 0.05) is 44.3 Å². The minimum atomic E-state index is -3.39. The van der Waals surface area contributed by atoms with Crippen LogP contribution in [0, 0.1) is 0 Å². The summed E-state index contributed by atoms with van der Waals surface area (Å²) < 4.78 is 26.8. The van der Waals surface area contributed by atoms with Gasteiger partial charge in [-0.15, -0.1) is 35.3 Å². The Bertz CT molecular complexity index is 838. The number of piperazine rings is 1. The number of benzene rings is 1. The molecule has 154 valence electrons. The van der Waals surface area contributed by atoms with E-state index >= 15 is 0 Å². The van der Waals surface area contributed by atoms with Crippen molar-refractivity contribution in [1.29, 1.82) is 0 Å². The van der Waals surface area contributed by atoms with E-state index < -0.39 is 10.0 Å². The summed E-state index contributed by atoms with van der Waals surface area (Å²) in [6.45, 7) is 3.55. The minimum Gasteiger partial charge on any atom is -0.370 e. The van der Waals surface area contributed by atoms with E-state index in [9.17, 15) is 8.42 Å². The zero-order valence-corrected chi connectivity index (χ0v) is 19.4. The summed E-state index contributed by atoms with van der Waals surface area (Å²) in [6, 6.07) is 9.41. The van der Waals surface area contributed by atoms with Gasteiger partial charge in [0.05, 0.1) is 12.3 Å². The van der Waals surface area contributed by atoms with Crippen molar-refractivity contribution in [2.24, 2.45) is 10.7 Å². The predicted octanol–water partition coefficient (Wildman–Crippen LogP) is 1.32. The van der Waals surface area contributed by atoms with Crippen LogP contribution in [0.1, 0.15) is 5.56 Å². The molecule has 0 atom stereocenters. The van der Waals surface area contributed by atoms with E-state index in [0.717, 1.165) is 36.9 Å². The van der Waals surface area contributed by atoms with Gasteiger partial charge in [0.15, 0.2) is 11.1 Å². The molecule has 1 aliphatic heterocycles. The summed E-state index contributed by atoms with van der Waals surface area (Å²) in [5, 5.41) is 2.98. The van der Waals surface area contributed by atoms with Gasteiger partial charge in [-0.3, -0.25) is 4.99 Å². The Morgan fingerprint density at radius 1 is 1.21 bits per heavy atom. The number of guanidine groups is 1. The molecule has 1 aromatic heterocycles. The lowest BCUT2D eigenvalue weighted by Gasteiger charge is -2.35. The van der Waals surface area contributed by atoms with Crippen molar-refractivity contribution in [3.05, 3.63) is 47.5 Å². The maximum atomic E-state index is 12.1. The van der Waals surface area contributed by atoms with Crippen LogP contribution in [-0.2, 0) is 16.6 Å². The highest BCUT2D eigenvalue weighted by molar-refractivity contribution is 14.0. The smallest absolute Gasteiger partial charge is 0.213 e. The molecule has 0 unspecified atom stereocenters. The van der Waals surface area contributed by atoms with Gasteiger partial charge in [-0.05, 0) is 5.56 Å². The standard InChI is InChI=1S/C17H24N6O2S2.HI/c18-16(22-8-10-23(11-9-22)17-20-6-12-26-17)19-7-13-27(24,25)21-14-15-4-2-1-3-5-15;/h1-6,12,21H,7-11,13-14H2,(H2,18,19);1H. The van der Waals surface area contributed by atoms with Gasteiger partial charge in [0.2, 0.25) is 10.0 Å². The molecule has 3 rings (SSSR count). The maximum Gasteiger partial charge on any atom is 0.213 e. The summed E-state index contributed by atoms with van der Waals surface area (Å²) in [7, 11) is -3.39. The number of nitrogens with zero attached hydrogens (tertiary/aromatic N) is 4. The number of rotatable bonds is 7. The zero-order chi connectivity index (χ0) is 19.1. The molecule has 2 aromatic rings. The lowest BCUT2D eigenvalue weighted by Crippen LogP contribution is -2.51. The molecule has 11 heteroatoms. The Balaban J connectivity index is 0.00000280. The van der Waals surface area contributed by atoms with Gasteiger partial charge in [-0.1, -0.05) is 30.3 Å². The molecule has 0 radical (unpaired) electrons. The van der Waals surface area contributed by atoms with Crippen molar-refractivity contribution in [2.45, 2.75) is 6.54 Å². The van der Waals surface area contributed by atoms with Gasteiger partial charge in [-0.25, -0.2) is 18.1 Å². The van der Waals surface area contributed by atoms with Crippen LogP contribution in [0.5, 0.6) is 0 Å². The van der Waals surface area contributed by atoms with Crippen molar-refractivity contribution >= 4 is 56.4 Å². The highest BCUT2D eigenvalue weighted by atomic mass is 127. The highest BCUT2D eigenvalue weighted by Gasteiger charge is 2.20. The molecule has 8 nitrogen and oxygen atoms in total. The maximum absolute atomic E-state index is 12.1. The van der Waals surface area contributed by atoms with Gasteiger partial charge < -0.3 is 15.5 Å². The molecule has 3 N–H and O–H groups in total. The topological polar surface area (TPSA) is 104 Å². The molecular formula is C17H25IN6O2S2. The van der Waals surface area contributed by atoms with Crippen LogP contribution in [0.25, 0.3) is 0 Å². The normalized spacial score (nSPS) is 15.4. The third-order valence-corrected chi connectivity index (χ3v) is 6.40. The molecule has 0 spiro atoms. The Morgan fingerprint density at radius 3 is 2.57 bits per heavy atom. The van der Waals surface area contributed by atoms with E-state index in [2.05, 4.69) is 19.6 Å². The number of anilines is 1. The minimum absolute atomic E-state index is 0. The lowest BCUT2D eigenvalue weighted by molar-refractivity contribution is 0.381. The first-order valence-corrected chi connectivity index (χ1v) is 11.3. The van der Waals surface area contributed by atoms with Crippen molar-refractivity contribution < 1.29 is 8.42 Å². The van der Waals surface area contributed by atoms with E-state index in [-0.39, 0.29) is 42.8 Å². The first-order valence-electron chi connectivity index (χ1n) is 8.74. The number of aromatic nitrogens is 1. The fraction of sp³-hybridized carbons (Fsp3) is 0.412. The summed E-state index contributed by atoms with van der Waals surface area (Å²) in [5.41, 5.74) is 6.95. The Morgan fingerprint density at radius 2 is 1.93 bits per heavy atom. The van der Waals surface area contributed by atoms with E-state index in [1.807, 2.05) is 40.6 Å². The predicted molar refractivity (Wildman–Crippen MR) is 125 cm³/mol. The number of nitrogens with one attached hydrogen (secondary N) is 1. The first-order chi connectivity index (χ1) is 13.0. The Labute approximate surface area is 186 Å². The third kappa shape index (κ3) is 6.87. The number of hydrogen-bond donors (Lipinski definition) is 2. The number of hydrogen-bond acceptors (Lipinski definition) is 6. The van der Waals surface area contributed by atoms with Crippen LogP contribution >= 0.6 is 35.3 Å². The van der Waals surface area contributed by atoms with Crippen molar-refractivity contribution in [1.82, 2.24) is 14.6 Å². The number of nitrogens with two attached hydrogens (primary N) is 1. The highest BCUT2D eigenvalue weighted by Crippen LogP contribution is 2.18. The molecule has 1 aliphatic rings. The van der Waals surface area contributed by atoms with Crippen molar-refractivity contribution in [2.75, 3.05) is 43.4 Å². The number of halogens is 1. The van der Waals surface area contributed by atoms with E-state index in [0.29, 0.717) is 5.96 Å². The molecule has 1 aromatic carbocycles. The molecule has 0 saturated carbocycles. The van der Waals surface area contributed by atoms with Gasteiger partial charge in [0.25, 0.3) is 0 Å². The number of aliphatic imine (C=N–C) groups is 1. The molecule has 28 heavy (non-hydrogen) atoms. The van der Waals surface area contributed by atoms with Crippen LogP contribution in [0.2, 0.25) is 0 Å². The van der Waals surface area contributed by atoms with E-state index in [1.54, 1.807) is 17.5 Å². The van der Waals surface area contributed by atoms with Gasteiger partial charge in [-0.2, -0.15) is 0 Å². The van der Waals surface area contributed by atoms with Crippen LogP contribution in [0.15, 0.2) is 46.9 Å². The van der Waals surface area contributed by atoms with Crippen LogP contribution < -0.4 is 15.4 Å². The third-order valence-electron chi connectivity index (χ3n) is 4.27. The monoisotopic (exact) mass is 536 g/mol. The second-order valence-electron chi connectivity index (χ2n) is 6.15. The fourth-order valence-electron chi connectivity index (χ4n) is 2.74. The van der Waals surface area contributed by atoms with Crippen LogP contribution in [0.3, 0.4) is 0 Å². The lowest BCUT2D eigenvalue weighted by atomic mass is 10.2. The van der Waals surface area contributed by atoms with E-state index in [1.165, 1.54) is 0 Å². The number of sulfonamides is 1.